The summed E-state index contributed by atoms with van der Waals surface area (Å²) in [6.45, 7) is 2.75. The Balaban J connectivity index is 1.60. The van der Waals surface area contributed by atoms with Crippen LogP contribution in [0, 0.1) is 0 Å². The summed E-state index contributed by atoms with van der Waals surface area (Å²) in [6.07, 6.45) is 1.50. The summed E-state index contributed by atoms with van der Waals surface area (Å²) in [5, 5.41) is 9.68. The maximum absolute atomic E-state index is 11.3. The molecule has 27 heavy (non-hydrogen) atoms. The fraction of sp³-hybridized carbons (Fsp3) is 0.286. The highest BCUT2D eigenvalue weighted by molar-refractivity contribution is 7.09. The normalized spacial score (nSPS) is 11.9. The summed E-state index contributed by atoms with van der Waals surface area (Å²) in [4.78, 5) is 14.0. The molecule has 0 aliphatic rings. The highest BCUT2D eigenvalue weighted by atomic mass is 32.1. The van der Waals surface area contributed by atoms with Gasteiger partial charge in [-0.25, -0.2) is 0 Å². The van der Waals surface area contributed by atoms with E-state index < -0.39 is 0 Å². The maximum atomic E-state index is 11.3. The van der Waals surface area contributed by atoms with Crippen LogP contribution in [0.3, 0.4) is 0 Å². The van der Waals surface area contributed by atoms with E-state index in [0.29, 0.717) is 23.8 Å². The number of aromatic hydroxyl groups is 1. The number of H-pyrrole nitrogens is 1. The quantitative estimate of drug-likeness (QED) is 0.606. The van der Waals surface area contributed by atoms with Gasteiger partial charge >= 0.3 is 4.87 Å². The van der Waals surface area contributed by atoms with E-state index in [4.69, 9.17) is 9.47 Å². The van der Waals surface area contributed by atoms with Crippen LogP contribution in [0.5, 0.6) is 17.4 Å². The Hall–Kier alpha value is -2.73. The van der Waals surface area contributed by atoms with Crippen molar-refractivity contribution in [3.05, 3.63) is 74.2 Å². The van der Waals surface area contributed by atoms with Gasteiger partial charge in [-0.2, -0.15) is 0 Å². The topological polar surface area (TPSA) is 71.6 Å². The predicted molar refractivity (Wildman–Crippen MR) is 107 cm³/mol. The summed E-state index contributed by atoms with van der Waals surface area (Å²) in [5.41, 5.74) is 2.24. The number of hydrogen-bond donors (Lipinski definition) is 2. The molecule has 0 amide bonds. The first-order valence-electron chi connectivity index (χ1n) is 8.85. The highest BCUT2D eigenvalue weighted by Gasteiger charge is 2.11. The first-order valence-corrected chi connectivity index (χ1v) is 9.67. The second-order valence-electron chi connectivity index (χ2n) is 6.30. The number of thiazole rings is 1. The van der Waals surface area contributed by atoms with Gasteiger partial charge in [0.2, 0.25) is 5.88 Å². The minimum Gasteiger partial charge on any atom is -0.497 e. The van der Waals surface area contributed by atoms with Crippen LogP contribution >= 0.6 is 11.3 Å². The average molecular weight is 385 g/mol. The van der Waals surface area contributed by atoms with Gasteiger partial charge in [-0.05, 0) is 41.8 Å². The lowest BCUT2D eigenvalue weighted by Crippen LogP contribution is -2.09. The van der Waals surface area contributed by atoms with Crippen LogP contribution < -0.4 is 14.3 Å². The number of aromatic amines is 1. The summed E-state index contributed by atoms with van der Waals surface area (Å²) < 4.78 is 11.2. The molecule has 0 saturated carbocycles. The van der Waals surface area contributed by atoms with Gasteiger partial charge < -0.3 is 14.6 Å². The summed E-state index contributed by atoms with van der Waals surface area (Å²) >= 11 is 1.03. The molecule has 0 saturated heterocycles. The van der Waals surface area contributed by atoms with Gasteiger partial charge in [0, 0.05) is 12.3 Å². The molecule has 1 heterocycles. The van der Waals surface area contributed by atoms with Crippen molar-refractivity contribution in [2.45, 2.75) is 25.7 Å². The van der Waals surface area contributed by atoms with Gasteiger partial charge in [-0.3, -0.25) is 9.78 Å². The van der Waals surface area contributed by atoms with E-state index in [0.717, 1.165) is 34.8 Å². The summed E-state index contributed by atoms with van der Waals surface area (Å²) in [5.74, 6) is 1.92. The molecule has 0 aliphatic carbocycles. The number of nitrogens with one attached hydrogen (secondary N) is 1. The molecule has 0 fully saturated rings. The lowest BCUT2D eigenvalue weighted by molar-refractivity contribution is 0.284. The van der Waals surface area contributed by atoms with Crippen molar-refractivity contribution < 1.29 is 14.6 Å². The van der Waals surface area contributed by atoms with E-state index in [9.17, 15) is 9.90 Å². The molecule has 5 nitrogen and oxygen atoms in total. The minimum atomic E-state index is -0.244. The monoisotopic (exact) mass is 385 g/mol. The van der Waals surface area contributed by atoms with E-state index in [1.807, 2.05) is 36.4 Å². The van der Waals surface area contributed by atoms with Crippen LogP contribution in [0.1, 0.15) is 35.3 Å². The molecule has 142 valence electrons. The fourth-order valence-electron chi connectivity index (χ4n) is 2.88. The van der Waals surface area contributed by atoms with Gasteiger partial charge in [0.1, 0.15) is 11.5 Å². The third kappa shape index (κ3) is 4.92. The van der Waals surface area contributed by atoms with Gasteiger partial charge in [0.05, 0.1) is 18.6 Å². The molecular formula is C21H23NO4S. The molecule has 3 aromatic rings. The Morgan fingerprint density at radius 3 is 2.30 bits per heavy atom. The van der Waals surface area contributed by atoms with Crippen LogP contribution in [-0.2, 0) is 6.42 Å². The van der Waals surface area contributed by atoms with Gasteiger partial charge in [0.15, 0.2) is 0 Å². The zero-order chi connectivity index (χ0) is 19.2. The van der Waals surface area contributed by atoms with E-state index in [-0.39, 0.29) is 10.8 Å². The number of aromatic nitrogens is 1. The lowest BCUT2D eigenvalue weighted by Gasteiger charge is -2.17. The Labute approximate surface area is 162 Å². The Kier molecular flexibility index (Phi) is 6.19. The number of benzene rings is 2. The van der Waals surface area contributed by atoms with E-state index in [1.165, 1.54) is 5.56 Å². The van der Waals surface area contributed by atoms with Gasteiger partial charge in [0.25, 0.3) is 0 Å². The van der Waals surface area contributed by atoms with Crippen molar-refractivity contribution >= 4 is 11.3 Å². The lowest BCUT2D eigenvalue weighted by atomic mass is 9.97. The van der Waals surface area contributed by atoms with E-state index in [1.54, 1.807) is 7.11 Å². The molecule has 1 atom stereocenters. The third-order valence-corrected chi connectivity index (χ3v) is 5.39. The molecule has 3 rings (SSSR count). The Bertz CT molecular complexity index is 913. The first-order chi connectivity index (χ1) is 13.1. The minimum absolute atomic E-state index is 0.0457. The standard InChI is InChI=1S/C21H23NO4S/c1-3-15(16-6-10-17(25-2)11-7-16)13-26-18-8-4-14(5-9-18)12-19-20(23)22-21(24)27-19/h4-11,15,23H,3,12-13H2,1-2H3,(H,22,24). The number of rotatable bonds is 8. The molecule has 0 spiro atoms. The van der Waals surface area contributed by atoms with Crippen LogP contribution in [0.2, 0.25) is 0 Å². The van der Waals surface area contributed by atoms with Crippen molar-refractivity contribution in [2.75, 3.05) is 13.7 Å². The van der Waals surface area contributed by atoms with Crippen molar-refractivity contribution in [3.63, 3.8) is 0 Å². The van der Waals surface area contributed by atoms with Crippen molar-refractivity contribution in [2.24, 2.45) is 0 Å². The molecule has 0 radical (unpaired) electrons. The van der Waals surface area contributed by atoms with Crippen molar-refractivity contribution in [1.29, 1.82) is 0 Å². The molecule has 0 aliphatic heterocycles. The SMILES string of the molecule is CCC(COc1ccc(Cc2sc(=O)[nH]c2O)cc1)c1ccc(OC)cc1. The molecule has 2 N–H and O–H groups in total. The largest absolute Gasteiger partial charge is 0.497 e. The number of ether oxygens (including phenoxy) is 2. The number of hydrogen-bond acceptors (Lipinski definition) is 5. The molecule has 0 bridgehead atoms. The maximum Gasteiger partial charge on any atom is 0.307 e. The Morgan fingerprint density at radius 1 is 1.07 bits per heavy atom. The smallest absolute Gasteiger partial charge is 0.307 e. The van der Waals surface area contributed by atoms with Gasteiger partial charge in [-0.15, -0.1) is 0 Å². The predicted octanol–water partition coefficient (Wildman–Crippen LogP) is 4.31. The first kappa shape index (κ1) is 19.0. The highest BCUT2D eigenvalue weighted by Crippen LogP contribution is 2.25. The molecular weight excluding hydrogens is 362 g/mol. The van der Waals surface area contributed by atoms with Crippen LogP contribution in [0.25, 0.3) is 0 Å². The zero-order valence-electron chi connectivity index (χ0n) is 15.4. The summed E-state index contributed by atoms with van der Waals surface area (Å²) in [7, 11) is 1.66. The van der Waals surface area contributed by atoms with Crippen LogP contribution in [-0.4, -0.2) is 23.8 Å². The molecule has 2 aromatic carbocycles. The second-order valence-corrected chi connectivity index (χ2v) is 7.36. The third-order valence-electron chi connectivity index (χ3n) is 4.52. The van der Waals surface area contributed by atoms with Crippen LogP contribution in [0.4, 0.5) is 0 Å². The fourth-order valence-corrected chi connectivity index (χ4v) is 3.64. The Morgan fingerprint density at radius 2 is 1.74 bits per heavy atom. The van der Waals surface area contributed by atoms with Crippen molar-refractivity contribution in [1.82, 2.24) is 4.98 Å². The molecule has 6 heteroatoms. The van der Waals surface area contributed by atoms with E-state index in [2.05, 4.69) is 24.0 Å². The number of methoxy groups -OCH3 is 1. The van der Waals surface area contributed by atoms with Gasteiger partial charge in [-0.1, -0.05) is 42.5 Å². The summed E-state index contributed by atoms with van der Waals surface area (Å²) in [6, 6.07) is 15.8. The van der Waals surface area contributed by atoms with E-state index >= 15 is 0 Å². The zero-order valence-corrected chi connectivity index (χ0v) is 16.2. The molecule has 1 aromatic heterocycles. The van der Waals surface area contributed by atoms with Crippen molar-refractivity contribution in [3.8, 4) is 17.4 Å². The van der Waals surface area contributed by atoms with Crippen LogP contribution in [0.15, 0.2) is 53.3 Å². The second kappa shape index (κ2) is 8.77. The average Bonchev–Trinajstić information content (AvgIpc) is 3.01. The molecule has 1 unspecified atom stereocenters.